The molecule has 3 aromatic rings. The number of hydrogen-bond acceptors (Lipinski definition) is 7. The van der Waals surface area contributed by atoms with E-state index in [1.165, 1.54) is 18.2 Å². The van der Waals surface area contributed by atoms with Crippen molar-refractivity contribution in [3.05, 3.63) is 77.6 Å². The van der Waals surface area contributed by atoms with Crippen molar-refractivity contribution in [3.63, 3.8) is 0 Å². The van der Waals surface area contributed by atoms with Gasteiger partial charge in [0, 0.05) is 36.7 Å². The minimum atomic E-state index is -1.07. The average molecular weight is 524 g/mol. The number of anilines is 2. The molecule has 10 heteroatoms. The summed E-state index contributed by atoms with van der Waals surface area (Å²) < 4.78 is 17.0. The summed E-state index contributed by atoms with van der Waals surface area (Å²) in [7, 11) is 4.09. The monoisotopic (exact) mass is 523 g/mol. The number of carbonyl (C=O) groups excluding carboxylic acids is 2. The second-order valence-electron chi connectivity index (χ2n) is 8.96. The molecule has 0 unspecified atom stereocenters. The number of hydrogen-bond donors (Lipinski definition) is 4. The predicted octanol–water partition coefficient (Wildman–Crippen LogP) is 4.42. The molecule has 9 nitrogen and oxygen atoms in total. The number of alkyl halides is 1. The number of phenols is 1. The molecule has 0 saturated carbocycles. The normalized spacial score (nSPS) is 10.7. The molecular weight excluding hydrogens is 489 g/mol. The summed E-state index contributed by atoms with van der Waals surface area (Å²) in [4.78, 5) is 31.8. The Hall–Kier alpha value is -4.18. The molecule has 0 spiro atoms. The summed E-state index contributed by atoms with van der Waals surface area (Å²) in [5, 5.41) is 18.8. The van der Waals surface area contributed by atoms with Crippen LogP contribution in [0.4, 0.5) is 15.8 Å². The number of rotatable bonds is 14. The number of unbranched alkanes of at least 4 members (excludes halogenated alkanes) is 2. The van der Waals surface area contributed by atoms with E-state index in [2.05, 4.69) is 30.6 Å². The fourth-order valence-electron chi connectivity index (χ4n) is 3.74. The van der Waals surface area contributed by atoms with Crippen LogP contribution in [0, 0.1) is 0 Å². The number of amides is 2. The fourth-order valence-corrected chi connectivity index (χ4v) is 3.74. The molecule has 0 aliphatic carbocycles. The SMILES string of the molecule is CN(C)CCCCCNC(=O)c1cc(CNc2ccccc2C(=O)Nc2ccc(OCF)c(O)c2)ccn1. The lowest BCUT2D eigenvalue weighted by molar-refractivity contribution is 0.0947. The molecule has 3 rings (SSSR count). The maximum atomic E-state index is 12.9. The van der Waals surface area contributed by atoms with Crippen molar-refractivity contribution in [2.24, 2.45) is 0 Å². The minimum absolute atomic E-state index is 0.0158. The summed E-state index contributed by atoms with van der Waals surface area (Å²) in [6, 6.07) is 14.7. The van der Waals surface area contributed by atoms with Crippen LogP contribution in [0.3, 0.4) is 0 Å². The summed E-state index contributed by atoms with van der Waals surface area (Å²) >= 11 is 0. The van der Waals surface area contributed by atoms with Gasteiger partial charge in [-0.1, -0.05) is 18.6 Å². The number of pyridine rings is 1. The minimum Gasteiger partial charge on any atom is -0.504 e. The van der Waals surface area contributed by atoms with Crippen molar-refractivity contribution >= 4 is 23.2 Å². The number of nitrogens with one attached hydrogen (secondary N) is 3. The van der Waals surface area contributed by atoms with Crippen LogP contribution in [0.5, 0.6) is 11.5 Å². The summed E-state index contributed by atoms with van der Waals surface area (Å²) in [5.74, 6) is -0.913. The predicted molar refractivity (Wildman–Crippen MR) is 145 cm³/mol. The van der Waals surface area contributed by atoms with Crippen LogP contribution in [0.25, 0.3) is 0 Å². The zero-order valence-electron chi connectivity index (χ0n) is 21.7. The van der Waals surface area contributed by atoms with Crippen molar-refractivity contribution in [2.75, 3.05) is 44.7 Å². The maximum Gasteiger partial charge on any atom is 0.269 e. The van der Waals surface area contributed by atoms with E-state index in [1.54, 1.807) is 42.6 Å². The van der Waals surface area contributed by atoms with Gasteiger partial charge in [-0.3, -0.25) is 14.6 Å². The Morgan fingerprint density at radius 1 is 1.03 bits per heavy atom. The Morgan fingerprint density at radius 2 is 1.84 bits per heavy atom. The second kappa shape index (κ2) is 14.5. The van der Waals surface area contributed by atoms with E-state index in [1.807, 2.05) is 14.1 Å². The van der Waals surface area contributed by atoms with E-state index in [9.17, 15) is 19.1 Å². The third-order valence-corrected chi connectivity index (χ3v) is 5.71. The highest BCUT2D eigenvalue weighted by atomic mass is 19.1. The molecule has 2 aromatic carbocycles. The number of halogens is 1. The van der Waals surface area contributed by atoms with E-state index < -0.39 is 12.8 Å². The van der Waals surface area contributed by atoms with Crippen molar-refractivity contribution in [1.82, 2.24) is 15.2 Å². The van der Waals surface area contributed by atoms with Crippen LogP contribution >= 0.6 is 0 Å². The van der Waals surface area contributed by atoms with Gasteiger partial charge in [-0.15, -0.1) is 0 Å². The molecule has 0 aliphatic heterocycles. The molecule has 0 aliphatic rings. The first-order valence-electron chi connectivity index (χ1n) is 12.4. The average Bonchev–Trinajstić information content (AvgIpc) is 2.91. The Kier molecular flexibility index (Phi) is 10.9. The van der Waals surface area contributed by atoms with E-state index in [4.69, 9.17) is 0 Å². The van der Waals surface area contributed by atoms with Crippen LogP contribution in [-0.2, 0) is 6.54 Å². The number of nitrogens with zero attached hydrogens (tertiary/aromatic N) is 2. The molecule has 0 saturated heterocycles. The molecule has 2 amide bonds. The van der Waals surface area contributed by atoms with Gasteiger partial charge in [-0.25, -0.2) is 4.39 Å². The van der Waals surface area contributed by atoms with Crippen LogP contribution in [-0.4, -0.2) is 60.9 Å². The first kappa shape index (κ1) is 28.4. The van der Waals surface area contributed by atoms with Gasteiger partial charge < -0.3 is 30.7 Å². The molecule has 0 atom stereocenters. The quantitative estimate of drug-likeness (QED) is 0.231. The molecule has 202 valence electrons. The molecular formula is C28H34FN5O4. The molecule has 0 fully saturated rings. The molecule has 0 radical (unpaired) electrons. The lowest BCUT2D eigenvalue weighted by Crippen LogP contribution is -2.25. The van der Waals surface area contributed by atoms with E-state index in [0.717, 1.165) is 31.4 Å². The number of carbonyl (C=O) groups is 2. The van der Waals surface area contributed by atoms with Crippen molar-refractivity contribution < 1.29 is 23.8 Å². The highest BCUT2D eigenvalue weighted by Crippen LogP contribution is 2.29. The lowest BCUT2D eigenvalue weighted by atomic mass is 10.1. The van der Waals surface area contributed by atoms with Gasteiger partial charge >= 0.3 is 0 Å². The Labute approximate surface area is 222 Å². The maximum absolute atomic E-state index is 12.9. The van der Waals surface area contributed by atoms with Crippen molar-refractivity contribution in [3.8, 4) is 11.5 Å². The van der Waals surface area contributed by atoms with Crippen molar-refractivity contribution in [1.29, 1.82) is 0 Å². The number of ether oxygens (including phenoxy) is 1. The van der Waals surface area contributed by atoms with Crippen molar-refractivity contribution in [2.45, 2.75) is 25.8 Å². The van der Waals surface area contributed by atoms with Gasteiger partial charge in [0.25, 0.3) is 11.8 Å². The number of para-hydroxylation sites is 1. The van der Waals surface area contributed by atoms with Crippen LogP contribution < -0.4 is 20.7 Å². The van der Waals surface area contributed by atoms with Crippen LogP contribution in [0.2, 0.25) is 0 Å². The topological polar surface area (TPSA) is 116 Å². The first-order valence-corrected chi connectivity index (χ1v) is 12.4. The van der Waals surface area contributed by atoms with E-state index in [0.29, 0.717) is 35.7 Å². The second-order valence-corrected chi connectivity index (χ2v) is 8.96. The van der Waals surface area contributed by atoms with E-state index in [-0.39, 0.29) is 17.4 Å². The molecule has 1 aromatic heterocycles. The summed E-state index contributed by atoms with van der Waals surface area (Å²) in [6.07, 6.45) is 4.63. The smallest absolute Gasteiger partial charge is 0.269 e. The Balaban J connectivity index is 1.56. The van der Waals surface area contributed by atoms with Gasteiger partial charge in [0.1, 0.15) is 5.69 Å². The summed E-state index contributed by atoms with van der Waals surface area (Å²) in [5.41, 5.74) is 2.48. The third-order valence-electron chi connectivity index (χ3n) is 5.71. The van der Waals surface area contributed by atoms with Gasteiger partial charge in [0.2, 0.25) is 6.86 Å². The highest BCUT2D eigenvalue weighted by molar-refractivity contribution is 6.08. The van der Waals surface area contributed by atoms with Gasteiger partial charge in [0.15, 0.2) is 11.5 Å². The van der Waals surface area contributed by atoms with Crippen LogP contribution in [0.1, 0.15) is 45.7 Å². The number of aromatic hydroxyl groups is 1. The molecule has 38 heavy (non-hydrogen) atoms. The molecule has 4 N–H and O–H groups in total. The number of phenolic OH excluding ortho intramolecular Hbond substituents is 1. The van der Waals surface area contributed by atoms with Gasteiger partial charge in [0.05, 0.1) is 5.56 Å². The van der Waals surface area contributed by atoms with Gasteiger partial charge in [-0.05, 0) is 75.4 Å². The van der Waals surface area contributed by atoms with Crippen LogP contribution in [0.15, 0.2) is 60.8 Å². The number of aromatic nitrogens is 1. The standard InChI is InChI=1S/C28H34FN5O4/c1-34(2)15-7-3-6-13-31-28(37)24-16-20(12-14-30-24)18-32-23-9-5-4-8-22(23)27(36)33-21-10-11-26(38-19-29)25(35)17-21/h4-5,8-12,14,16-17,32,35H,3,6-7,13,15,18-19H2,1-2H3,(H,31,37)(H,33,36). The summed E-state index contributed by atoms with van der Waals surface area (Å²) in [6.45, 7) is 0.929. The highest BCUT2D eigenvalue weighted by Gasteiger charge is 2.13. The lowest BCUT2D eigenvalue weighted by Gasteiger charge is -2.13. The van der Waals surface area contributed by atoms with E-state index >= 15 is 0 Å². The first-order chi connectivity index (χ1) is 18.4. The third kappa shape index (κ3) is 8.74. The zero-order chi connectivity index (χ0) is 27.3. The largest absolute Gasteiger partial charge is 0.504 e. The molecule has 1 heterocycles. The fraction of sp³-hybridized carbons (Fsp3) is 0.321. The molecule has 0 bridgehead atoms. The number of benzene rings is 2. The van der Waals surface area contributed by atoms with Gasteiger partial charge in [-0.2, -0.15) is 0 Å². The Morgan fingerprint density at radius 3 is 2.61 bits per heavy atom. The Bertz CT molecular complexity index is 1220. The zero-order valence-corrected chi connectivity index (χ0v) is 21.7.